The molecule has 0 amide bonds. The van der Waals surface area contributed by atoms with Gasteiger partial charge in [0, 0.05) is 29.8 Å². The molecule has 0 radical (unpaired) electrons. The summed E-state index contributed by atoms with van der Waals surface area (Å²) >= 11 is 0. The van der Waals surface area contributed by atoms with E-state index >= 15 is 0 Å². The number of nitrogens with zero attached hydrogens (tertiary/aromatic N) is 2. The van der Waals surface area contributed by atoms with E-state index in [0.717, 1.165) is 22.3 Å². The van der Waals surface area contributed by atoms with Crippen LogP contribution in [0.25, 0.3) is 11.1 Å². The van der Waals surface area contributed by atoms with Gasteiger partial charge in [-0.05, 0) is 28.7 Å². The van der Waals surface area contributed by atoms with E-state index in [-0.39, 0.29) is 18.0 Å². The molecule has 1 heterocycles. The van der Waals surface area contributed by atoms with Crippen LogP contribution < -0.4 is 4.57 Å². The third kappa shape index (κ3) is 5.08. The summed E-state index contributed by atoms with van der Waals surface area (Å²) in [6.45, 7) is 0.266. The van der Waals surface area contributed by atoms with Crippen molar-refractivity contribution in [3.05, 3.63) is 130 Å². The lowest BCUT2D eigenvalue weighted by atomic mass is 10.0. The van der Waals surface area contributed by atoms with Gasteiger partial charge in [0.2, 0.25) is 12.3 Å². The maximum Gasteiger partial charge on any atom is 0.269 e. The van der Waals surface area contributed by atoms with Gasteiger partial charge < -0.3 is 0 Å². The minimum absolute atomic E-state index is 0.0488. The van der Waals surface area contributed by atoms with Gasteiger partial charge in [0.15, 0.2) is 12.4 Å². The second kappa shape index (κ2) is 9.13. The van der Waals surface area contributed by atoms with E-state index in [1.165, 1.54) is 12.1 Å². The Kier molecular flexibility index (Phi) is 5.94. The standard InChI is InChI=1S/C26H21N2O3/c29-26(24-10-8-23(9-11-24)22-4-2-1-3-5-22)19-27-16-14-21(15-17-27)18-20-6-12-25(13-7-20)28(30)31/h1-17H,18-19H2/q+1. The predicted octanol–water partition coefficient (Wildman–Crippen LogP) is 5.02. The zero-order valence-corrected chi connectivity index (χ0v) is 16.8. The first-order valence-electron chi connectivity index (χ1n) is 9.98. The van der Waals surface area contributed by atoms with Crippen LogP contribution in [-0.4, -0.2) is 10.7 Å². The topological polar surface area (TPSA) is 64.1 Å². The van der Waals surface area contributed by atoms with E-state index in [9.17, 15) is 14.9 Å². The normalized spacial score (nSPS) is 10.6. The van der Waals surface area contributed by atoms with Gasteiger partial charge in [-0.2, -0.15) is 4.57 Å². The number of nitro groups is 1. The lowest BCUT2D eigenvalue weighted by Gasteiger charge is -2.04. The fourth-order valence-corrected chi connectivity index (χ4v) is 3.42. The lowest BCUT2D eigenvalue weighted by molar-refractivity contribution is -0.683. The number of non-ortho nitro benzene ring substituents is 1. The van der Waals surface area contributed by atoms with Crippen molar-refractivity contribution in [2.45, 2.75) is 13.0 Å². The van der Waals surface area contributed by atoms with Gasteiger partial charge in [-0.25, -0.2) is 0 Å². The first-order chi connectivity index (χ1) is 15.1. The molecule has 0 spiro atoms. The first kappa shape index (κ1) is 20.2. The van der Waals surface area contributed by atoms with Crippen molar-refractivity contribution in [2.24, 2.45) is 0 Å². The third-order valence-electron chi connectivity index (χ3n) is 5.16. The molecule has 152 valence electrons. The summed E-state index contributed by atoms with van der Waals surface area (Å²) in [6, 6.07) is 28.2. The number of nitro benzene ring substituents is 1. The van der Waals surface area contributed by atoms with E-state index in [0.29, 0.717) is 12.0 Å². The van der Waals surface area contributed by atoms with Gasteiger partial charge >= 0.3 is 0 Å². The van der Waals surface area contributed by atoms with Crippen LogP contribution in [0.2, 0.25) is 0 Å². The highest BCUT2D eigenvalue weighted by Crippen LogP contribution is 2.19. The summed E-state index contributed by atoms with van der Waals surface area (Å²) in [5.74, 6) is 0.0488. The van der Waals surface area contributed by atoms with E-state index < -0.39 is 4.92 Å². The lowest BCUT2D eigenvalue weighted by Crippen LogP contribution is -2.37. The van der Waals surface area contributed by atoms with Crippen molar-refractivity contribution in [1.82, 2.24) is 0 Å². The Morgan fingerprint density at radius 1 is 0.742 bits per heavy atom. The zero-order chi connectivity index (χ0) is 21.6. The van der Waals surface area contributed by atoms with Crippen molar-refractivity contribution in [1.29, 1.82) is 0 Å². The third-order valence-corrected chi connectivity index (χ3v) is 5.16. The minimum Gasteiger partial charge on any atom is -0.287 e. The molecule has 0 bridgehead atoms. The molecule has 5 nitrogen and oxygen atoms in total. The number of aromatic nitrogens is 1. The van der Waals surface area contributed by atoms with Crippen LogP contribution in [0, 0.1) is 10.1 Å². The Bertz CT molecular complexity index is 1180. The van der Waals surface area contributed by atoms with Crippen LogP contribution in [0.5, 0.6) is 0 Å². The molecule has 0 aliphatic carbocycles. The van der Waals surface area contributed by atoms with Crippen molar-refractivity contribution in [3.8, 4) is 11.1 Å². The number of hydrogen-bond donors (Lipinski definition) is 0. The van der Waals surface area contributed by atoms with Gasteiger partial charge in [0.1, 0.15) is 0 Å². The summed E-state index contributed by atoms with van der Waals surface area (Å²) in [6.07, 6.45) is 4.45. The number of Topliss-reactive ketones (excluding diaryl/α,β-unsaturated/α-hetero) is 1. The second-order valence-corrected chi connectivity index (χ2v) is 7.35. The van der Waals surface area contributed by atoms with E-state index in [4.69, 9.17) is 0 Å². The van der Waals surface area contributed by atoms with Gasteiger partial charge in [0.25, 0.3) is 5.69 Å². The number of hydrogen-bond acceptors (Lipinski definition) is 3. The molecule has 5 heteroatoms. The number of benzene rings is 3. The van der Waals surface area contributed by atoms with E-state index in [1.807, 2.05) is 83.7 Å². The SMILES string of the molecule is O=C(C[n+]1ccc(Cc2ccc([N+](=O)[O-])cc2)cc1)c1ccc(-c2ccccc2)cc1. The Hall–Kier alpha value is -4.12. The molecule has 0 unspecified atom stereocenters. The average molecular weight is 409 g/mol. The molecule has 0 saturated carbocycles. The highest BCUT2D eigenvalue weighted by molar-refractivity contribution is 5.95. The number of ketones is 1. The maximum absolute atomic E-state index is 12.6. The Balaban J connectivity index is 1.38. The molecule has 0 aliphatic heterocycles. The Labute approximate surface area is 180 Å². The Morgan fingerprint density at radius 3 is 1.94 bits per heavy atom. The molecule has 0 saturated heterocycles. The summed E-state index contributed by atoms with van der Waals surface area (Å²) < 4.78 is 1.85. The van der Waals surface area contributed by atoms with Crippen LogP contribution in [0.1, 0.15) is 21.5 Å². The fourth-order valence-electron chi connectivity index (χ4n) is 3.42. The average Bonchev–Trinajstić information content (AvgIpc) is 2.81. The zero-order valence-electron chi connectivity index (χ0n) is 16.8. The number of carbonyl (C=O) groups excluding carboxylic acids is 1. The Morgan fingerprint density at radius 2 is 1.32 bits per heavy atom. The van der Waals surface area contributed by atoms with Crippen molar-refractivity contribution in [3.63, 3.8) is 0 Å². The highest BCUT2D eigenvalue weighted by atomic mass is 16.6. The summed E-state index contributed by atoms with van der Waals surface area (Å²) in [5.41, 5.74) is 5.05. The minimum atomic E-state index is -0.401. The van der Waals surface area contributed by atoms with Crippen molar-refractivity contribution >= 4 is 11.5 Å². The second-order valence-electron chi connectivity index (χ2n) is 7.35. The van der Waals surface area contributed by atoms with Crippen LogP contribution in [0.3, 0.4) is 0 Å². The molecular formula is C26H21N2O3+. The fraction of sp³-hybridized carbons (Fsp3) is 0.0769. The number of pyridine rings is 1. The molecule has 0 fully saturated rings. The van der Waals surface area contributed by atoms with Gasteiger partial charge in [0.05, 0.1) is 4.92 Å². The monoisotopic (exact) mass is 409 g/mol. The van der Waals surface area contributed by atoms with Gasteiger partial charge in [-0.15, -0.1) is 0 Å². The molecule has 4 rings (SSSR count). The molecular weight excluding hydrogens is 388 g/mol. The van der Waals surface area contributed by atoms with E-state index in [2.05, 4.69) is 0 Å². The number of carbonyl (C=O) groups is 1. The van der Waals surface area contributed by atoms with Crippen LogP contribution in [-0.2, 0) is 13.0 Å². The largest absolute Gasteiger partial charge is 0.287 e. The smallest absolute Gasteiger partial charge is 0.269 e. The quantitative estimate of drug-likeness (QED) is 0.186. The molecule has 0 aliphatic rings. The predicted molar refractivity (Wildman–Crippen MR) is 119 cm³/mol. The van der Waals surface area contributed by atoms with Crippen LogP contribution >= 0.6 is 0 Å². The van der Waals surface area contributed by atoms with Gasteiger partial charge in [-0.1, -0.05) is 66.7 Å². The molecule has 4 aromatic rings. The molecule has 0 atom stereocenters. The van der Waals surface area contributed by atoms with Crippen LogP contribution in [0.15, 0.2) is 103 Å². The summed E-state index contributed by atoms with van der Waals surface area (Å²) in [7, 11) is 0. The number of rotatable bonds is 7. The van der Waals surface area contributed by atoms with Gasteiger partial charge in [-0.3, -0.25) is 14.9 Å². The van der Waals surface area contributed by atoms with Crippen molar-refractivity contribution in [2.75, 3.05) is 0 Å². The first-order valence-corrected chi connectivity index (χ1v) is 9.98. The molecule has 3 aromatic carbocycles. The van der Waals surface area contributed by atoms with Crippen molar-refractivity contribution < 1.29 is 14.3 Å². The molecule has 1 aromatic heterocycles. The summed E-state index contributed by atoms with van der Waals surface area (Å²) in [5, 5.41) is 10.8. The molecule has 0 N–H and O–H groups in total. The highest BCUT2D eigenvalue weighted by Gasteiger charge is 2.13. The van der Waals surface area contributed by atoms with Crippen LogP contribution in [0.4, 0.5) is 5.69 Å². The molecule has 31 heavy (non-hydrogen) atoms. The summed E-state index contributed by atoms with van der Waals surface area (Å²) in [4.78, 5) is 23.0. The maximum atomic E-state index is 12.6. The van der Waals surface area contributed by atoms with E-state index in [1.54, 1.807) is 12.1 Å².